The number of benzene rings is 2. The van der Waals surface area contributed by atoms with Gasteiger partial charge in [0.2, 0.25) is 0 Å². The summed E-state index contributed by atoms with van der Waals surface area (Å²) >= 11 is 1.78. The van der Waals surface area contributed by atoms with Crippen LogP contribution in [0, 0.1) is 11.6 Å². The highest BCUT2D eigenvalue weighted by Crippen LogP contribution is 2.34. The Morgan fingerprint density at radius 3 is 2.17 bits per heavy atom. The molecule has 1 unspecified atom stereocenters. The highest BCUT2D eigenvalue weighted by atomic mass is 32.2. The standard InChI is InChI=1S/C23H27F2N3OS/c24-16-6-8-22-20(12-16)21-13-17(25)7-9-23(21)27(22)15-19(29)14-26-10-3-11-28(30-26)18-4-1-2-5-18/h6-9,12-13,18-19,29H,1-5,10-11,14-15H2. The molecule has 2 aromatic carbocycles. The van der Waals surface area contributed by atoms with E-state index in [-0.39, 0.29) is 11.6 Å². The number of rotatable bonds is 5. The summed E-state index contributed by atoms with van der Waals surface area (Å²) in [5, 5.41) is 12.3. The van der Waals surface area contributed by atoms with Crippen LogP contribution in [0.5, 0.6) is 0 Å². The first-order valence-electron chi connectivity index (χ1n) is 10.8. The van der Waals surface area contributed by atoms with Gasteiger partial charge >= 0.3 is 0 Å². The summed E-state index contributed by atoms with van der Waals surface area (Å²) in [5.41, 5.74) is 1.63. The molecule has 4 nitrogen and oxygen atoms in total. The van der Waals surface area contributed by atoms with Gasteiger partial charge in [-0.15, -0.1) is 0 Å². The van der Waals surface area contributed by atoms with E-state index in [1.54, 1.807) is 24.3 Å². The number of nitrogens with zero attached hydrogens (tertiary/aromatic N) is 3. The minimum atomic E-state index is -0.574. The molecule has 5 rings (SSSR count). The molecular weight excluding hydrogens is 404 g/mol. The SMILES string of the molecule is OC(CN1CCCN(C2CCCC2)S1)Cn1c2ccc(F)cc2c2cc(F)ccc21. The Labute approximate surface area is 179 Å². The van der Waals surface area contributed by atoms with E-state index in [0.717, 1.165) is 30.5 Å². The van der Waals surface area contributed by atoms with Gasteiger partial charge in [0.1, 0.15) is 11.6 Å². The Bertz CT molecular complexity index is 991. The number of aliphatic hydroxyl groups is 1. The number of fused-ring (bicyclic) bond motifs is 3. The van der Waals surface area contributed by atoms with E-state index in [1.807, 2.05) is 4.57 Å². The van der Waals surface area contributed by atoms with Crippen LogP contribution in [-0.4, -0.2) is 50.1 Å². The normalized spacial score (nSPS) is 20.5. The molecule has 1 saturated heterocycles. The molecule has 1 saturated carbocycles. The van der Waals surface area contributed by atoms with Crippen LogP contribution in [0.2, 0.25) is 0 Å². The molecule has 7 heteroatoms. The van der Waals surface area contributed by atoms with Crippen LogP contribution in [0.25, 0.3) is 21.8 Å². The quantitative estimate of drug-likeness (QED) is 0.580. The summed E-state index contributed by atoms with van der Waals surface area (Å²) in [6.45, 7) is 3.04. The third-order valence-electron chi connectivity index (χ3n) is 6.33. The molecule has 1 atom stereocenters. The molecule has 30 heavy (non-hydrogen) atoms. The van der Waals surface area contributed by atoms with Crippen molar-refractivity contribution in [2.45, 2.75) is 50.8 Å². The summed E-state index contributed by atoms with van der Waals surface area (Å²) in [4.78, 5) is 0. The minimum Gasteiger partial charge on any atom is -0.390 e. The molecule has 0 radical (unpaired) electrons. The van der Waals surface area contributed by atoms with E-state index in [0.29, 0.717) is 29.9 Å². The summed E-state index contributed by atoms with van der Waals surface area (Å²) in [7, 11) is 0. The second kappa shape index (κ2) is 8.46. The van der Waals surface area contributed by atoms with Gasteiger partial charge in [-0.2, -0.15) is 0 Å². The average molecular weight is 432 g/mol. The van der Waals surface area contributed by atoms with Crippen molar-refractivity contribution >= 4 is 33.9 Å². The van der Waals surface area contributed by atoms with E-state index in [4.69, 9.17) is 0 Å². The maximum Gasteiger partial charge on any atom is 0.123 e. The fourth-order valence-corrected chi connectivity index (χ4v) is 6.25. The third-order valence-corrected chi connectivity index (χ3v) is 7.59. The van der Waals surface area contributed by atoms with Crippen LogP contribution in [0.4, 0.5) is 8.78 Å². The summed E-state index contributed by atoms with van der Waals surface area (Å²) in [6.07, 6.45) is 5.73. The maximum atomic E-state index is 13.8. The van der Waals surface area contributed by atoms with Crippen molar-refractivity contribution in [2.75, 3.05) is 19.6 Å². The predicted molar refractivity (Wildman–Crippen MR) is 118 cm³/mol. The van der Waals surface area contributed by atoms with Crippen LogP contribution in [0.3, 0.4) is 0 Å². The summed E-state index contributed by atoms with van der Waals surface area (Å²) in [5.74, 6) is -0.689. The van der Waals surface area contributed by atoms with Gasteiger partial charge in [0.05, 0.1) is 12.6 Å². The molecule has 0 bridgehead atoms. The first-order chi connectivity index (χ1) is 14.6. The van der Waals surface area contributed by atoms with Crippen LogP contribution in [-0.2, 0) is 6.54 Å². The minimum absolute atomic E-state index is 0.344. The van der Waals surface area contributed by atoms with E-state index < -0.39 is 6.10 Å². The van der Waals surface area contributed by atoms with Crippen LogP contribution >= 0.6 is 12.1 Å². The van der Waals surface area contributed by atoms with Crippen molar-refractivity contribution in [1.29, 1.82) is 0 Å². The van der Waals surface area contributed by atoms with Crippen molar-refractivity contribution in [2.24, 2.45) is 0 Å². The van der Waals surface area contributed by atoms with Crippen LogP contribution in [0.1, 0.15) is 32.1 Å². The highest BCUT2D eigenvalue weighted by molar-refractivity contribution is 7.94. The lowest BCUT2D eigenvalue weighted by atomic mass is 10.1. The molecule has 1 aliphatic carbocycles. The molecule has 1 N–H and O–H groups in total. The number of hydrogen-bond donors (Lipinski definition) is 1. The Morgan fingerprint density at radius 1 is 0.900 bits per heavy atom. The van der Waals surface area contributed by atoms with E-state index >= 15 is 0 Å². The van der Waals surface area contributed by atoms with Gasteiger partial charge in [-0.1, -0.05) is 12.8 Å². The first-order valence-corrected chi connectivity index (χ1v) is 11.6. The number of aromatic nitrogens is 1. The Balaban J connectivity index is 1.36. The van der Waals surface area contributed by atoms with Gasteiger partial charge in [-0.25, -0.2) is 17.4 Å². The lowest BCUT2D eigenvalue weighted by Crippen LogP contribution is -2.42. The molecule has 2 fully saturated rings. The van der Waals surface area contributed by atoms with Crippen molar-refractivity contribution < 1.29 is 13.9 Å². The Hall–Kier alpha value is -1.67. The van der Waals surface area contributed by atoms with E-state index in [2.05, 4.69) is 8.61 Å². The molecule has 0 amide bonds. The second-order valence-electron chi connectivity index (χ2n) is 8.49. The van der Waals surface area contributed by atoms with Gasteiger partial charge in [-0.05, 0) is 55.7 Å². The summed E-state index contributed by atoms with van der Waals surface area (Å²) < 4.78 is 34.4. The van der Waals surface area contributed by atoms with Gasteiger partial charge in [0.15, 0.2) is 0 Å². The third kappa shape index (κ3) is 3.96. The molecule has 1 aliphatic heterocycles. The summed E-state index contributed by atoms with van der Waals surface area (Å²) in [6, 6.07) is 9.82. The van der Waals surface area contributed by atoms with Gasteiger partial charge < -0.3 is 9.67 Å². The van der Waals surface area contributed by atoms with Gasteiger partial charge in [-0.3, -0.25) is 0 Å². The molecule has 3 aromatic rings. The lowest BCUT2D eigenvalue weighted by Gasteiger charge is -2.38. The smallest absolute Gasteiger partial charge is 0.123 e. The Kier molecular flexibility index (Phi) is 5.71. The monoisotopic (exact) mass is 431 g/mol. The zero-order valence-corrected chi connectivity index (χ0v) is 17.8. The molecule has 160 valence electrons. The fraction of sp³-hybridized carbons (Fsp3) is 0.478. The lowest BCUT2D eigenvalue weighted by molar-refractivity contribution is 0.127. The van der Waals surface area contributed by atoms with Gasteiger partial charge in [0, 0.05) is 59.6 Å². The molecule has 2 aliphatic rings. The van der Waals surface area contributed by atoms with Crippen LogP contribution < -0.4 is 0 Å². The molecule has 2 heterocycles. The molecule has 1 aromatic heterocycles. The predicted octanol–water partition coefficient (Wildman–Crippen LogP) is 4.95. The van der Waals surface area contributed by atoms with Gasteiger partial charge in [0.25, 0.3) is 0 Å². The topological polar surface area (TPSA) is 31.6 Å². The fourth-order valence-electron chi connectivity index (χ4n) is 4.95. The highest BCUT2D eigenvalue weighted by Gasteiger charge is 2.29. The first kappa shape index (κ1) is 20.2. The number of hydrogen-bond acceptors (Lipinski definition) is 4. The largest absolute Gasteiger partial charge is 0.390 e. The van der Waals surface area contributed by atoms with Crippen molar-refractivity contribution in [1.82, 2.24) is 13.2 Å². The zero-order valence-electron chi connectivity index (χ0n) is 16.9. The van der Waals surface area contributed by atoms with Crippen molar-refractivity contribution in [3.8, 4) is 0 Å². The average Bonchev–Trinajstić information content (AvgIpc) is 3.36. The zero-order chi connectivity index (χ0) is 20.7. The second-order valence-corrected chi connectivity index (χ2v) is 9.64. The van der Waals surface area contributed by atoms with Crippen molar-refractivity contribution in [3.63, 3.8) is 0 Å². The maximum absolute atomic E-state index is 13.8. The molecular formula is C23H27F2N3OS. The number of halogens is 2. The Morgan fingerprint density at radius 2 is 1.53 bits per heavy atom. The van der Waals surface area contributed by atoms with E-state index in [9.17, 15) is 13.9 Å². The number of aliphatic hydroxyl groups excluding tert-OH is 1. The van der Waals surface area contributed by atoms with Crippen molar-refractivity contribution in [3.05, 3.63) is 48.0 Å². The molecule has 0 spiro atoms. The van der Waals surface area contributed by atoms with Crippen LogP contribution in [0.15, 0.2) is 36.4 Å². The number of β-amino-alcohol motifs (C(OH)–C–C–N with tert-alkyl or cyclic N) is 1. The van der Waals surface area contributed by atoms with E-state index in [1.165, 1.54) is 49.9 Å².